The van der Waals surface area contributed by atoms with Crippen LogP contribution < -0.4 is 5.32 Å². The van der Waals surface area contributed by atoms with Crippen LogP contribution in [0.5, 0.6) is 0 Å². The first-order valence-corrected chi connectivity index (χ1v) is 9.14. The molecule has 0 aromatic carbocycles. The Labute approximate surface area is 153 Å². The van der Waals surface area contributed by atoms with Gasteiger partial charge in [-0.05, 0) is 63.5 Å². The second-order valence-corrected chi connectivity index (χ2v) is 7.56. The molecule has 2 aliphatic rings. The summed E-state index contributed by atoms with van der Waals surface area (Å²) in [7, 11) is 0. The molecular formula is C21H22N4O. The van der Waals surface area contributed by atoms with Crippen molar-refractivity contribution < 1.29 is 4.79 Å². The number of carbonyl (C=O) groups is 1. The summed E-state index contributed by atoms with van der Waals surface area (Å²) in [4.78, 5) is 25.4. The summed E-state index contributed by atoms with van der Waals surface area (Å²) in [5, 5.41) is 3.27. The molecule has 0 spiro atoms. The molecule has 2 unspecified atom stereocenters. The lowest BCUT2D eigenvalue weighted by atomic mass is 9.73. The maximum absolute atomic E-state index is 12.6. The largest absolute Gasteiger partial charge is 0.345 e. The van der Waals surface area contributed by atoms with Gasteiger partial charge in [0.25, 0.3) is 5.91 Å². The number of amides is 1. The van der Waals surface area contributed by atoms with Crippen molar-refractivity contribution >= 4 is 5.91 Å². The van der Waals surface area contributed by atoms with E-state index in [4.69, 9.17) is 0 Å². The van der Waals surface area contributed by atoms with Gasteiger partial charge < -0.3 is 5.32 Å². The maximum atomic E-state index is 12.6. The highest BCUT2D eigenvalue weighted by Gasteiger charge is 2.51. The van der Waals surface area contributed by atoms with E-state index in [1.807, 2.05) is 19.1 Å². The van der Waals surface area contributed by atoms with Crippen LogP contribution in [0.4, 0.5) is 0 Å². The van der Waals surface area contributed by atoms with Gasteiger partial charge in [0.1, 0.15) is 11.4 Å². The van der Waals surface area contributed by atoms with Gasteiger partial charge in [0.2, 0.25) is 0 Å². The number of pyridine rings is 1. The lowest BCUT2D eigenvalue weighted by Crippen LogP contribution is -2.49. The van der Waals surface area contributed by atoms with E-state index in [-0.39, 0.29) is 16.9 Å². The monoisotopic (exact) mass is 346 g/mol. The van der Waals surface area contributed by atoms with Crippen LogP contribution in [-0.4, -0.2) is 26.4 Å². The van der Waals surface area contributed by atoms with E-state index < -0.39 is 0 Å². The summed E-state index contributed by atoms with van der Waals surface area (Å²) in [6, 6.07) is 5.42. The molecule has 2 aliphatic carbocycles. The molecule has 0 aliphatic heterocycles. The lowest BCUT2D eigenvalue weighted by Gasteiger charge is -2.37. The normalized spacial score (nSPS) is 26.7. The first kappa shape index (κ1) is 16.7. The number of hydrogen-bond acceptors (Lipinski definition) is 4. The standard InChI is InChI=1S/C21H22N4O/c1-16-13-22-14-17(24-16)6-9-20-7-4-8-21(15-20,11-10-20)25-19(26)18-5-2-3-12-23-18/h2-3,5,12-14H,4,7-8,10-11,15H2,1H3,(H,25,26). The van der Waals surface area contributed by atoms with E-state index in [0.717, 1.165) is 49.9 Å². The third kappa shape index (κ3) is 3.32. The average molecular weight is 346 g/mol. The minimum atomic E-state index is -0.153. The molecule has 2 saturated carbocycles. The summed E-state index contributed by atoms with van der Waals surface area (Å²) in [6.45, 7) is 1.92. The summed E-state index contributed by atoms with van der Waals surface area (Å²) in [6.07, 6.45) is 11.2. The van der Waals surface area contributed by atoms with Crippen molar-refractivity contribution in [1.29, 1.82) is 0 Å². The van der Waals surface area contributed by atoms with Crippen LogP contribution in [0.15, 0.2) is 36.8 Å². The Balaban J connectivity index is 1.52. The number of nitrogens with one attached hydrogen (secondary N) is 1. The molecule has 2 atom stereocenters. The molecule has 4 rings (SSSR count). The highest BCUT2D eigenvalue weighted by atomic mass is 16.2. The molecule has 1 N–H and O–H groups in total. The highest BCUT2D eigenvalue weighted by Crippen LogP contribution is 2.53. The van der Waals surface area contributed by atoms with Gasteiger partial charge in [0, 0.05) is 23.3 Å². The van der Waals surface area contributed by atoms with Gasteiger partial charge in [-0.1, -0.05) is 12.0 Å². The number of carbonyl (C=O) groups excluding carboxylic acids is 1. The van der Waals surface area contributed by atoms with Crippen LogP contribution in [0.2, 0.25) is 0 Å². The second kappa shape index (κ2) is 6.53. The first-order valence-electron chi connectivity index (χ1n) is 9.14. The number of fused-ring (bicyclic) bond motifs is 2. The zero-order valence-electron chi connectivity index (χ0n) is 15.0. The van der Waals surface area contributed by atoms with Crippen molar-refractivity contribution in [3.05, 3.63) is 53.9 Å². The number of aromatic nitrogens is 3. The summed E-state index contributed by atoms with van der Waals surface area (Å²) >= 11 is 0. The molecule has 0 radical (unpaired) electrons. The fourth-order valence-corrected chi connectivity index (χ4v) is 4.36. The van der Waals surface area contributed by atoms with Gasteiger partial charge in [-0.25, -0.2) is 4.98 Å². The van der Waals surface area contributed by atoms with Crippen molar-refractivity contribution in [3.63, 3.8) is 0 Å². The number of rotatable bonds is 2. The van der Waals surface area contributed by atoms with Crippen LogP contribution in [0.3, 0.4) is 0 Å². The molecule has 2 fully saturated rings. The van der Waals surface area contributed by atoms with Gasteiger partial charge in [0.15, 0.2) is 0 Å². The van der Waals surface area contributed by atoms with E-state index in [1.165, 1.54) is 0 Å². The topological polar surface area (TPSA) is 67.8 Å². The molecule has 5 heteroatoms. The Morgan fingerprint density at radius 3 is 2.92 bits per heavy atom. The smallest absolute Gasteiger partial charge is 0.270 e. The fraction of sp³-hybridized carbons (Fsp3) is 0.429. The van der Waals surface area contributed by atoms with E-state index in [2.05, 4.69) is 32.1 Å². The number of aryl methyl sites for hydroxylation is 1. The predicted molar refractivity (Wildman–Crippen MR) is 98.2 cm³/mol. The van der Waals surface area contributed by atoms with Gasteiger partial charge in [0.05, 0.1) is 11.9 Å². The molecule has 2 aromatic heterocycles. The Kier molecular flexibility index (Phi) is 4.20. The van der Waals surface area contributed by atoms with Crippen molar-refractivity contribution in [1.82, 2.24) is 20.3 Å². The SMILES string of the molecule is Cc1cncc(C#CC23CCCC(NC(=O)c4ccccn4)(CC2)C3)n1. The minimum Gasteiger partial charge on any atom is -0.345 e. The molecule has 132 valence electrons. The van der Waals surface area contributed by atoms with Gasteiger partial charge >= 0.3 is 0 Å². The molecule has 0 saturated heterocycles. The molecule has 2 aromatic rings. The van der Waals surface area contributed by atoms with Crippen molar-refractivity contribution in [2.45, 2.75) is 51.0 Å². The van der Waals surface area contributed by atoms with Crippen LogP contribution in [-0.2, 0) is 0 Å². The van der Waals surface area contributed by atoms with E-state index in [9.17, 15) is 4.79 Å². The van der Waals surface area contributed by atoms with Crippen molar-refractivity contribution in [3.8, 4) is 11.8 Å². The Morgan fingerprint density at radius 2 is 2.12 bits per heavy atom. The minimum absolute atomic E-state index is 0.0267. The van der Waals surface area contributed by atoms with Gasteiger partial charge in [-0.15, -0.1) is 0 Å². The van der Waals surface area contributed by atoms with Crippen LogP contribution in [0, 0.1) is 24.2 Å². The average Bonchev–Trinajstić information content (AvgIpc) is 2.91. The second-order valence-electron chi connectivity index (χ2n) is 7.56. The lowest BCUT2D eigenvalue weighted by molar-refractivity contribution is 0.0866. The summed E-state index contributed by atoms with van der Waals surface area (Å²) < 4.78 is 0. The number of nitrogens with zero attached hydrogens (tertiary/aromatic N) is 3. The van der Waals surface area contributed by atoms with E-state index >= 15 is 0 Å². The number of hydrogen-bond donors (Lipinski definition) is 1. The third-order valence-electron chi connectivity index (χ3n) is 5.56. The zero-order chi connectivity index (χ0) is 18.0. The van der Waals surface area contributed by atoms with E-state index in [1.54, 1.807) is 24.7 Å². The molecular weight excluding hydrogens is 324 g/mol. The van der Waals surface area contributed by atoms with Gasteiger partial charge in [-0.3, -0.25) is 14.8 Å². The fourth-order valence-electron chi connectivity index (χ4n) is 4.36. The quantitative estimate of drug-likeness (QED) is 0.849. The molecule has 2 heterocycles. The summed E-state index contributed by atoms with van der Waals surface area (Å²) in [5.74, 6) is 6.63. The molecule has 26 heavy (non-hydrogen) atoms. The van der Waals surface area contributed by atoms with Crippen LogP contribution in [0.25, 0.3) is 0 Å². The van der Waals surface area contributed by atoms with Crippen molar-refractivity contribution in [2.24, 2.45) is 5.41 Å². The van der Waals surface area contributed by atoms with Crippen LogP contribution >= 0.6 is 0 Å². The Hall–Kier alpha value is -2.74. The predicted octanol–water partition coefficient (Wildman–Crippen LogP) is 3.05. The molecule has 5 nitrogen and oxygen atoms in total. The van der Waals surface area contributed by atoms with Crippen LogP contribution in [0.1, 0.15) is 60.4 Å². The Bertz CT molecular complexity index is 886. The first-order chi connectivity index (χ1) is 12.6. The Morgan fingerprint density at radius 1 is 1.19 bits per heavy atom. The maximum Gasteiger partial charge on any atom is 0.270 e. The van der Waals surface area contributed by atoms with E-state index in [0.29, 0.717) is 5.69 Å². The summed E-state index contributed by atoms with van der Waals surface area (Å²) in [5.41, 5.74) is 1.90. The zero-order valence-corrected chi connectivity index (χ0v) is 15.0. The van der Waals surface area contributed by atoms with Gasteiger partial charge in [-0.2, -0.15) is 0 Å². The third-order valence-corrected chi connectivity index (χ3v) is 5.56. The highest BCUT2D eigenvalue weighted by molar-refractivity contribution is 5.92. The molecule has 1 amide bonds. The molecule has 2 bridgehead atoms. The van der Waals surface area contributed by atoms with Crippen molar-refractivity contribution in [2.75, 3.05) is 0 Å².